The lowest BCUT2D eigenvalue weighted by molar-refractivity contribution is 0.0468. The first-order valence-electron chi connectivity index (χ1n) is 6.20. The molecule has 0 saturated heterocycles. The SMILES string of the molecule is COCCCOC(=O)c1cc(COC)cc(S(N)(=O)=O)c1. The lowest BCUT2D eigenvalue weighted by Gasteiger charge is -2.09. The molecule has 8 heteroatoms. The van der Waals surface area contributed by atoms with Gasteiger partial charge in [0.25, 0.3) is 0 Å². The summed E-state index contributed by atoms with van der Waals surface area (Å²) in [5.74, 6) is -0.617. The van der Waals surface area contributed by atoms with Crippen molar-refractivity contribution in [2.24, 2.45) is 5.14 Å². The Hall–Kier alpha value is -1.48. The summed E-state index contributed by atoms with van der Waals surface area (Å²) in [5, 5.41) is 5.09. The Bertz CT molecular complexity index is 584. The predicted molar refractivity (Wildman–Crippen MR) is 75.3 cm³/mol. The molecule has 0 amide bonds. The first kappa shape index (κ1) is 17.6. The maximum atomic E-state index is 11.9. The first-order chi connectivity index (χ1) is 9.88. The van der Waals surface area contributed by atoms with E-state index in [-0.39, 0.29) is 23.7 Å². The molecule has 21 heavy (non-hydrogen) atoms. The summed E-state index contributed by atoms with van der Waals surface area (Å²) in [6.45, 7) is 0.818. The van der Waals surface area contributed by atoms with Gasteiger partial charge in [0.2, 0.25) is 10.0 Å². The van der Waals surface area contributed by atoms with Crippen LogP contribution in [-0.4, -0.2) is 41.8 Å². The summed E-state index contributed by atoms with van der Waals surface area (Å²) in [7, 11) is -0.897. The second-order valence-electron chi connectivity index (χ2n) is 4.33. The lowest BCUT2D eigenvalue weighted by Crippen LogP contribution is -2.15. The van der Waals surface area contributed by atoms with Crippen LogP contribution in [0.15, 0.2) is 23.1 Å². The van der Waals surface area contributed by atoms with Crippen LogP contribution in [0.3, 0.4) is 0 Å². The molecule has 0 saturated carbocycles. The minimum Gasteiger partial charge on any atom is -0.462 e. The summed E-state index contributed by atoms with van der Waals surface area (Å²) in [6, 6.07) is 4.06. The Morgan fingerprint density at radius 3 is 2.43 bits per heavy atom. The van der Waals surface area contributed by atoms with Crippen LogP contribution in [0, 0.1) is 0 Å². The van der Waals surface area contributed by atoms with Crippen LogP contribution in [0.2, 0.25) is 0 Å². The molecule has 1 rings (SSSR count). The van der Waals surface area contributed by atoms with Gasteiger partial charge in [-0.3, -0.25) is 0 Å². The standard InChI is InChI=1S/C13H19NO6S/c1-18-4-3-5-20-13(15)11-6-10(9-19-2)7-12(8-11)21(14,16)17/h6-8H,3-5,9H2,1-2H3,(H2,14,16,17). The molecule has 0 aromatic heterocycles. The first-order valence-corrected chi connectivity index (χ1v) is 7.75. The third-order valence-corrected chi connectivity index (χ3v) is 3.46. The molecule has 7 nitrogen and oxygen atoms in total. The Morgan fingerprint density at radius 2 is 1.86 bits per heavy atom. The molecule has 2 N–H and O–H groups in total. The van der Waals surface area contributed by atoms with Crippen molar-refractivity contribution in [1.29, 1.82) is 0 Å². The van der Waals surface area contributed by atoms with E-state index >= 15 is 0 Å². The minimum absolute atomic E-state index is 0.117. The molecule has 0 radical (unpaired) electrons. The number of rotatable bonds is 8. The molecule has 118 valence electrons. The molecule has 0 aliphatic heterocycles. The van der Waals surface area contributed by atoms with Crippen LogP contribution in [-0.2, 0) is 30.8 Å². The fourth-order valence-corrected chi connectivity index (χ4v) is 2.25. The third-order valence-electron chi connectivity index (χ3n) is 2.57. The van der Waals surface area contributed by atoms with Gasteiger partial charge < -0.3 is 14.2 Å². The van der Waals surface area contributed by atoms with Gasteiger partial charge in [-0.25, -0.2) is 18.4 Å². The number of hydrogen-bond acceptors (Lipinski definition) is 6. The molecule has 0 spiro atoms. The van der Waals surface area contributed by atoms with Crippen LogP contribution >= 0.6 is 0 Å². The van der Waals surface area contributed by atoms with Gasteiger partial charge in [0, 0.05) is 27.2 Å². The number of carbonyl (C=O) groups excluding carboxylic acids is 1. The van der Waals surface area contributed by atoms with Gasteiger partial charge in [-0.2, -0.15) is 0 Å². The third kappa shape index (κ3) is 5.80. The fraction of sp³-hybridized carbons (Fsp3) is 0.462. The van der Waals surface area contributed by atoms with Crippen molar-refractivity contribution < 1.29 is 27.4 Å². The average Bonchev–Trinajstić information content (AvgIpc) is 2.42. The van der Waals surface area contributed by atoms with Gasteiger partial charge in [0.05, 0.1) is 23.7 Å². The monoisotopic (exact) mass is 317 g/mol. The van der Waals surface area contributed by atoms with Crippen LogP contribution in [0.25, 0.3) is 0 Å². The number of primary sulfonamides is 1. The van der Waals surface area contributed by atoms with E-state index in [9.17, 15) is 13.2 Å². The Morgan fingerprint density at radius 1 is 1.14 bits per heavy atom. The van der Waals surface area contributed by atoms with Crippen molar-refractivity contribution in [2.45, 2.75) is 17.9 Å². The Kier molecular flexibility index (Phi) is 6.76. The molecular formula is C13H19NO6S. The van der Waals surface area contributed by atoms with E-state index in [1.807, 2.05) is 0 Å². The quantitative estimate of drug-likeness (QED) is 0.558. The second kappa shape index (κ2) is 8.08. The molecule has 0 heterocycles. The second-order valence-corrected chi connectivity index (χ2v) is 5.89. The van der Waals surface area contributed by atoms with Gasteiger partial charge in [-0.05, 0) is 23.8 Å². The highest BCUT2D eigenvalue weighted by molar-refractivity contribution is 7.89. The van der Waals surface area contributed by atoms with E-state index in [1.165, 1.54) is 25.3 Å². The highest BCUT2D eigenvalue weighted by atomic mass is 32.2. The van der Waals surface area contributed by atoms with Gasteiger partial charge in [0.15, 0.2) is 0 Å². The number of sulfonamides is 1. The highest BCUT2D eigenvalue weighted by Gasteiger charge is 2.15. The van der Waals surface area contributed by atoms with E-state index < -0.39 is 16.0 Å². The topological polar surface area (TPSA) is 105 Å². The summed E-state index contributed by atoms with van der Waals surface area (Å²) < 4.78 is 37.7. The number of methoxy groups -OCH3 is 2. The zero-order chi connectivity index (χ0) is 15.9. The van der Waals surface area contributed by atoms with Crippen molar-refractivity contribution in [2.75, 3.05) is 27.4 Å². The van der Waals surface area contributed by atoms with Crippen LogP contribution < -0.4 is 5.14 Å². The average molecular weight is 317 g/mol. The van der Waals surface area contributed by atoms with Gasteiger partial charge in [-0.1, -0.05) is 0 Å². The zero-order valence-corrected chi connectivity index (χ0v) is 12.8. The lowest BCUT2D eigenvalue weighted by atomic mass is 10.1. The van der Waals surface area contributed by atoms with Crippen molar-refractivity contribution in [1.82, 2.24) is 0 Å². The van der Waals surface area contributed by atoms with Gasteiger partial charge in [0.1, 0.15) is 0 Å². The van der Waals surface area contributed by atoms with E-state index in [4.69, 9.17) is 19.3 Å². The van der Waals surface area contributed by atoms with Crippen molar-refractivity contribution >= 4 is 16.0 Å². The maximum Gasteiger partial charge on any atom is 0.338 e. The highest BCUT2D eigenvalue weighted by Crippen LogP contribution is 2.16. The summed E-state index contributed by atoms with van der Waals surface area (Å²) >= 11 is 0. The molecule has 0 aliphatic rings. The fourth-order valence-electron chi connectivity index (χ4n) is 1.64. The maximum absolute atomic E-state index is 11.9. The number of ether oxygens (including phenoxy) is 3. The molecule has 1 aromatic carbocycles. The number of benzene rings is 1. The number of esters is 1. The molecule has 0 fully saturated rings. The molecule has 0 atom stereocenters. The van der Waals surface area contributed by atoms with Crippen LogP contribution in [0.4, 0.5) is 0 Å². The van der Waals surface area contributed by atoms with Crippen LogP contribution in [0.1, 0.15) is 22.3 Å². The van der Waals surface area contributed by atoms with E-state index in [0.717, 1.165) is 0 Å². The van der Waals surface area contributed by atoms with Crippen molar-refractivity contribution in [3.05, 3.63) is 29.3 Å². The normalized spacial score (nSPS) is 11.4. The molecule has 0 unspecified atom stereocenters. The zero-order valence-electron chi connectivity index (χ0n) is 12.0. The van der Waals surface area contributed by atoms with Crippen LogP contribution in [0.5, 0.6) is 0 Å². The minimum atomic E-state index is -3.91. The van der Waals surface area contributed by atoms with Crippen molar-refractivity contribution in [3.63, 3.8) is 0 Å². The number of hydrogen-bond donors (Lipinski definition) is 1. The predicted octanol–water partition coefficient (Wildman–Crippen LogP) is 0.674. The van der Waals surface area contributed by atoms with Gasteiger partial charge in [-0.15, -0.1) is 0 Å². The van der Waals surface area contributed by atoms with Crippen molar-refractivity contribution in [3.8, 4) is 0 Å². The number of carbonyl (C=O) groups is 1. The molecular weight excluding hydrogens is 298 g/mol. The van der Waals surface area contributed by atoms with E-state index in [0.29, 0.717) is 18.6 Å². The Labute approximate surface area is 124 Å². The Balaban J connectivity index is 2.94. The van der Waals surface area contributed by atoms with E-state index in [1.54, 1.807) is 7.11 Å². The smallest absolute Gasteiger partial charge is 0.338 e. The summed E-state index contributed by atoms with van der Waals surface area (Å²) in [6.07, 6.45) is 0.558. The molecule has 0 aliphatic carbocycles. The van der Waals surface area contributed by atoms with Gasteiger partial charge >= 0.3 is 5.97 Å². The summed E-state index contributed by atoms with van der Waals surface area (Å²) in [5.41, 5.74) is 0.638. The van der Waals surface area contributed by atoms with E-state index in [2.05, 4.69) is 0 Å². The largest absolute Gasteiger partial charge is 0.462 e. The summed E-state index contributed by atoms with van der Waals surface area (Å²) in [4.78, 5) is 11.8. The number of nitrogens with two attached hydrogens (primary N) is 1. The molecule has 1 aromatic rings. The molecule has 0 bridgehead atoms.